The smallest absolute Gasteiger partial charge is 0.135 e. The predicted molar refractivity (Wildman–Crippen MR) is 104 cm³/mol. The molecule has 0 aliphatic carbocycles. The number of hydrogen-bond acceptors (Lipinski definition) is 4. The second kappa shape index (κ2) is 9.43. The van der Waals surface area contributed by atoms with Gasteiger partial charge in [0.15, 0.2) is 0 Å². The van der Waals surface area contributed by atoms with E-state index in [1.165, 1.54) is 0 Å². The predicted octanol–water partition coefficient (Wildman–Crippen LogP) is 4.08. The van der Waals surface area contributed by atoms with Crippen molar-refractivity contribution in [2.24, 2.45) is 0 Å². The summed E-state index contributed by atoms with van der Waals surface area (Å²) in [5.74, 6) is 1.32. The van der Waals surface area contributed by atoms with E-state index >= 15 is 0 Å². The van der Waals surface area contributed by atoms with Gasteiger partial charge in [0.1, 0.15) is 11.5 Å². The van der Waals surface area contributed by atoms with E-state index in [2.05, 4.69) is 5.32 Å². The van der Waals surface area contributed by atoms with Crippen LogP contribution in [0.3, 0.4) is 0 Å². The summed E-state index contributed by atoms with van der Waals surface area (Å²) in [5, 5.41) is 4.61. The quantitative estimate of drug-likeness (QED) is 0.676. The van der Waals surface area contributed by atoms with Crippen LogP contribution in [-0.2, 0) is 23.8 Å². The molecule has 25 heavy (non-hydrogen) atoms. The normalized spacial score (nSPS) is 12.0. The number of ether oxygens (including phenoxy) is 2. The van der Waals surface area contributed by atoms with Crippen molar-refractivity contribution in [3.63, 3.8) is 0 Å². The molecule has 1 N–H and O–H groups in total. The molecular weight excluding hydrogens is 381 g/mol. The molecule has 0 aliphatic rings. The number of methoxy groups -OCH3 is 2. The molecule has 4 nitrogen and oxygen atoms in total. The third-order valence-electron chi connectivity index (χ3n) is 3.70. The Morgan fingerprint density at radius 3 is 2.20 bits per heavy atom. The molecule has 0 bridgehead atoms. The molecule has 1 atom stereocenters. The van der Waals surface area contributed by atoms with Crippen molar-refractivity contribution in [1.29, 1.82) is 0 Å². The molecule has 7 heteroatoms. The summed E-state index contributed by atoms with van der Waals surface area (Å²) in [5.41, 5.74) is 2.02. The lowest BCUT2D eigenvalue weighted by atomic mass is 10.1. The number of nitrogens with one attached hydrogen (secondary N) is 1. The molecule has 2 rings (SSSR count). The van der Waals surface area contributed by atoms with Gasteiger partial charge in [0.25, 0.3) is 0 Å². The Hall–Kier alpha value is -1.27. The Balaban J connectivity index is 2.03. The van der Waals surface area contributed by atoms with Gasteiger partial charge in [-0.2, -0.15) is 0 Å². The number of rotatable bonds is 8. The van der Waals surface area contributed by atoms with Crippen molar-refractivity contribution in [3.8, 4) is 11.5 Å². The molecule has 0 aromatic heterocycles. The fourth-order valence-electron chi connectivity index (χ4n) is 2.52. The minimum atomic E-state index is -1.14. The molecule has 0 aliphatic heterocycles. The highest BCUT2D eigenvalue weighted by molar-refractivity contribution is 7.84. The highest BCUT2D eigenvalue weighted by Gasteiger charge is 2.13. The third-order valence-corrected chi connectivity index (χ3v) is 5.07. The largest absolute Gasteiger partial charge is 0.496 e. The first-order valence-electron chi connectivity index (χ1n) is 7.68. The van der Waals surface area contributed by atoms with Gasteiger partial charge in [-0.1, -0.05) is 23.2 Å². The maximum Gasteiger partial charge on any atom is 0.135 e. The second-order valence-corrected chi connectivity index (χ2v) is 7.69. The second-order valence-electron chi connectivity index (χ2n) is 5.47. The Morgan fingerprint density at radius 2 is 1.64 bits per heavy atom. The van der Waals surface area contributed by atoms with E-state index in [-0.39, 0.29) is 0 Å². The van der Waals surface area contributed by atoms with Crippen LogP contribution >= 0.6 is 23.2 Å². The van der Waals surface area contributed by atoms with Gasteiger partial charge in [0.05, 0.1) is 29.9 Å². The summed E-state index contributed by atoms with van der Waals surface area (Å²) in [6, 6.07) is 9.14. The van der Waals surface area contributed by atoms with Crippen molar-refractivity contribution >= 4 is 34.0 Å². The molecule has 0 amide bonds. The maximum absolute atomic E-state index is 11.8. The summed E-state index contributed by atoms with van der Waals surface area (Å²) in [6.07, 6.45) is 2.36. The fraction of sp³-hybridized carbons (Fsp3) is 0.333. The molecule has 0 heterocycles. The van der Waals surface area contributed by atoms with Crippen LogP contribution in [0.1, 0.15) is 11.1 Å². The Morgan fingerprint density at radius 1 is 1.00 bits per heavy atom. The Labute approximate surface area is 160 Å². The first-order chi connectivity index (χ1) is 11.9. The molecule has 136 valence electrons. The average molecular weight is 402 g/mol. The van der Waals surface area contributed by atoms with Gasteiger partial charge in [-0.25, -0.2) is 0 Å². The van der Waals surface area contributed by atoms with E-state index in [4.69, 9.17) is 32.7 Å². The van der Waals surface area contributed by atoms with Crippen LogP contribution < -0.4 is 14.8 Å². The van der Waals surface area contributed by atoms with Gasteiger partial charge in [-0.15, -0.1) is 0 Å². The average Bonchev–Trinajstić information content (AvgIpc) is 2.57. The van der Waals surface area contributed by atoms with Crippen LogP contribution in [0.5, 0.6) is 11.5 Å². The summed E-state index contributed by atoms with van der Waals surface area (Å²) < 4.78 is 22.6. The number of halogens is 2. The van der Waals surface area contributed by atoms with E-state index in [0.29, 0.717) is 33.0 Å². The van der Waals surface area contributed by atoms with Crippen molar-refractivity contribution < 1.29 is 13.7 Å². The van der Waals surface area contributed by atoms with Crippen molar-refractivity contribution in [3.05, 3.63) is 51.5 Å². The highest BCUT2D eigenvalue weighted by Crippen LogP contribution is 2.31. The van der Waals surface area contributed by atoms with E-state index in [1.807, 2.05) is 18.2 Å². The molecule has 2 aromatic carbocycles. The molecular formula is C18H21Cl2NO3S. The minimum Gasteiger partial charge on any atom is -0.496 e. The fourth-order valence-corrected chi connectivity index (χ4v) is 3.79. The van der Waals surface area contributed by atoms with Gasteiger partial charge in [0.2, 0.25) is 0 Å². The molecule has 0 saturated heterocycles. The Kier molecular flexibility index (Phi) is 7.56. The molecule has 0 radical (unpaired) electrons. The zero-order valence-corrected chi connectivity index (χ0v) is 16.7. The van der Waals surface area contributed by atoms with E-state index in [9.17, 15) is 4.21 Å². The van der Waals surface area contributed by atoms with Crippen LogP contribution in [0.2, 0.25) is 10.0 Å². The summed E-state index contributed by atoms with van der Waals surface area (Å²) in [7, 11) is 2.04. The van der Waals surface area contributed by atoms with Gasteiger partial charge < -0.3 is 14.8 Å². The first kappa shape index (κ1) is 20.0. The van der Waals surface area contributed by atoms with E-state index < -0.39 is 10.8 Å². The molecule has 0 saturated carbocycles. The third kappa shape index (κ3) is 5.61. The minimum absolute atomic E-state index is 0.609. The van der Waals surface area contributed by atoms with Gasteiger partial charge in [0, 0.05) is 28.9 Å². The number of hydrogen-bond donors (Lipinski definition) is 1. The topological polar surface area (TPSA) is 47.6 Å². The summed E-state index contributed by atoms with van der Waals surface area (Å²) >= 11 is 12.0. The van der Waals surface area contributed by atoms with Crippen LogP contribution in [0.4, 0.5) is 0 Å². The Bertz CT molecular complexity index is 748. The number of benzene rings is 2. The van der Waals surface area contributed by atoms with Crippen molar-refractivity contribution in [2.75, 3.05) is 27.0 Å². The lowest BCUT2D eigenvalue weighted by molar-refractivity contribution is 0.389. The van der Waals surface area contributed by atoms with Crippen molar-refractivity contribution in [2.45, 2.75) is 17.9 Å². The zero-order valence-electron chi connectivity index (χ0n) is 14.4. The standard InChI is InChI=1S/C18H21Cl2NO3S/c1-23-16-10-18(25(3)22)17(24-2)8-13(16)4-5-21-11-12-6-14(19)9-15(20)7-12/h6-10,21H,4-5,11H2,1-3H3. The van der Waals surface area contributed by atoms with Crippen molar-refractivity contribution in [1.82, 2.24) is 5.32 Å². The molecule has 0 fully saturated rings. The van der Waals surface area contributed by atoms with Crippen LogP contribution in [0.15, 0.2) is 35.2 Å². The zero-order chi connectivity index (χ0) is 18.4. The van der Waals surface area contributed by atoms with Gasteiger partial charge in [-0.3, -0.25) is 4.21 Å². The maximum atomic E-state index is 11.8. The molecule has 2 aromatic rings. The highest BCUT2D eigenvalue weighted by atomic mass is 35.5. The van der Waals surface area contributed by atoms with Crippen LogP contribution in [0, 0.1) is 0 Å². The lowest BCUT2D eigenvalue weighted by Crippen LogP contribution is -2.17. The van der Waals surface area contributed by atoms with Crippen LogP contribution in [0.25, 0.3) is 0 Å². The SMILES string of the molecule is COc1cc(S(C)=O)c(OC)cc1CCNCc1cc(Cl)cc(Cl)c1. The molecule has 0 spiro atoms. The van der Waals surface area contributed by atoms with Gasteiger partial charge in [-0.05, 0) is 48.4 Å². The summed E-state index contributed by atoms with van der Waals surface area (Å²) in [4.78, 5) is 0.629. The van der Waals surface area contributed by atoms with E-state index in [1.54, 1.807) is 32.6 Å². The lowest BCUT2D eigenvalue weighted by Gasteiger charge is -2.14. The first-order valence-corrected chi connectivity index (χ1v) is 10.00. The van der Waals surface area contributed by atoms with Gasteiger partial charge >= 0.3 is 0 Å². The summed E-state index contributed by atoms with van der Waals surface area (Å²) in [6.45, 7) is 1.40. The van der Waals surface area contributed by atoms with Crippen LogP contribution in [-0.4, -0.2) is 31.2 Å². The molecule has 1 unspecified atom stereocenters. The van der Waals surface area contributed by atoms with E-state index in [0.717, 1.165) is 24.1 Å². The monoisotopic (exact) mass is 401 g/mol.